The van der Waals surface area contributed by atoms with Gasteiger partial charge in [-0.15, -0.1) is 11.6 Å². The highest BCUT2D eigenvalue weighted by atomic mass is 35.5. The first-order valence-electron chi connectivity index (χ1n) is 4.52. The fraction of sp³-hybridized carbons (Fsp3) is 0.273. The minimum absolute atomic E-state index is 0.230. The molecule has 1 N–H and O–H groups in total. The first-order chi connectivity index (χ1) is 6.74. The van der Waals surface area contributed by atoms with Gasteiger partial charge in [0.05, 0.1) is 12.0 Å². The van der Waals surface area contributed by atoms with Crippen LogP contribution in [0.1, 0.15) is 11.7 Å². The highest BCUT2D eigenvalue weighted by Gasteiger charge is 2.12. The van der Waals surface area contributed by atoms with Crippen LogP contribution in [0, 0.1) is 0 Å². The van der Waals surface area contributed by atoms with Crippen LogP contribution in [0.15, 0.2) is 30.5 Å². The van der Waals surface area contributed by atoms with E-state index in [2.05, 4.69) is 0 Å². The van der Waals surface area contributed by atoms with Gasteiger partial charge in [0.25, 0.3) is 0 Å². The maximum atomic E-state index is 9.70. The molecule has 1 aromatic carbocycles. The van der Waals surface area contributed by atoms with Gasteiger partial charge in [-0.05, 0) is 6.07 Å². The van der Waals surface area contributed by atoms with Gasteiger partial charge in [0.15, 0.2) is 0 Å². The van der Waals surface area contributed by atoms with E-state index >= 15 is 0 Å². The number of alkyl halides is 1. The quantitative estimate of drug-likeness (QED) is 0.756. The minimum atomic E-state index is -0.581. The van der Waals surface area contributed by atoms with E-state index in [0.717, 1.165) is 16.5 Å². The summed E-state index contributed by atoms with van der Waals surface area (Å²) in [5.74, 6) is 0.230. The number of aromatic nitrogens is 1. The molecule has 1 unspecified atom stereocenters. The third kappa shape index (κ3) is 1.41. The number of hydrogen-bond donors (Lipinski definition) is 1. The maximum absolute atomic E-state index is 9.70. The number of halogens is 1. The monoisotopic (exact) mass is 209 g/mol. The van der Waals surface area contributed by atoms with Crippen LogP contribution in [0.2, 0.25) is 0 Å². The summed E-state index contributed by atoms with van der Waals surface area (Å²) in [6.45, 7) is 0. The molecule has 0 saturated carbocycles. The molecule has 2 rings (SSSR count). The van der Waals surface area contributed by atoms with Crippen molar-refractivity contribution >= 4 is 22.5 Å². The van der Waals surface area contributed by atoms with Crippen LogP contribution in [-0.4, -0.2) is 15.6 Å². The molecule has 0 fully saturated rings. The third-order valence-corrected chi connectivity index (χ3v) is 2.73. The lowest BCUT2D eigenvalue weighted by Gasteiger charge is -2.03. The normalized spacial score (nSPS) is 13.4. The highest BCUT2D eigenvalue weighted by molar-refractivity contribution is 6.18. The van der Waals surface area contributed by atoms with E-state index in [1.165, 1.54) is 0 Å². The van der Waals surface area contributed by atoms with Gasteiger partial charge in [-0.2, -0.15) is 0 Å². The van der Waals surface area contributed by atoms with Crippen molar-refractivity contribution in [3.63, 3.8) is 0 Å². The van der Waals surface area contributed by atoms with Crippen molar-refractivity contribution < 1.29 is 5.11 Å². The third-order valence-electron chi connectivity index (χ3n) is 2.43. The molecule has 0 radical (unpaired) electrons. The average Bonchev–Trinajstić information content (AvgIpc) is 2.56. The zero-order valence-electron chi connectivity index (χ0n) is 7.94. The summed E-state index contributed by atoms with van der Waals surface area (Å²) in [6.07, 6.45) is 1.35. The van der Waals surface area contributed by atoms with Crippen molar-refractivity contribution in [1.82, 2.24) is 4.57 Å². The highest BCUT2D eigenvalue weighted by Crippen LogP contribution is 2.26. The number of benzene rings is 1. The summed E-state index contributed by atoms with van der Waals surface area (Å²) in [4.78, 5) is 0. The second kappa shape index (κ2) is 3.64. The van der Waals surface area contributed by atoms with Crippen LogP contribution in [0.3, 0.4) is 0 Å². The molecule has 1 heterocycles. The van der Waals surface area contributed by atoms with Gasteiger partial charge in [0, 0.05) is 29.7 Å². The van der Waals surface area contributed by atoms with Gasteiger partial charge in [0.2, 0.25) is 0 Å². The van der Waals surface area contributed by atoms with Crippen molar-refractivity contribution in [3.05, 3.63) is 36.0 Å². The molecule has 74 valence electrons. The van der Waals surface area contributed by atoms with E-state index in [-0.39, 0.29) is 5.88 Å². The Morgan fingerprint density at radius 1 is 1.43 bits per heavy atom. The second-order valence-electron chi connectivity index (χ2n) is 3.38. The zero-order chi connectivity index (χ0) is 10.1. The SMILES string of the molecule is Cn1cc(C(O)CCl)c2ccccc21. The van der Waals surface area contributed by atoms with Crippen LogP contribution in [0.5, 0.6) is 0 Å². The van der Waals surface area contributed by atoms with Crippen molar-refractivity contribution in [2.75, 3.05) is 5.88 Å². The van der Waals surface area contributed by atoms with Crippen molar-refractivity contribution in [2.45, 2.75) is 6.10 Å². The molecular weight excluding hydrogens is 198 g/mol. The number of fused-ring (bicyclic) bond motifs is 1. The summed E-state index contributed by atoms with van der Waals surface area (Å²) < 4.78 is 2.00. The van der Waals surface area contributed by atoms with Crippen molar-refractivity contribution in [1.29, 1.82) is 0 Å². The second-order valence-corrected chi connectivity index (χ2v) is 3.69. The van der Waals surface area contributed by atoms with Crippen LogP contribution in [0.4, 0.5) is 0 Å². The van der Waals surface area contributed by atoms with Crippen LogP contribution >= 0.6 is 11.6 Å². The first-order valence-corrected chi connectivity index (χ1v) is 5.05. The van der Waals surface area contributed by atoms with Gasteiger partial charge in [-0.1, -0.05) is 18.2 Å². The molecule has 0 amide bonds. The van der Waals surface area contributed by atoms with E-state index < -0.39 is 6.10 Å². The Labute approximate surface area is 87.7 Å². The predicted octanol–water partition coefficient (Wildman–Crippen LogP) is 2.45. The largest absolute Gasteiger partial charge is 0.387 e. The topological polar surface area (TPSA) is 25.2 Å². The lowest BCUT2D eigenvalue weighted by atomic mass is 10.1. The number of aliphatic hydroxyl groups excluding tert-OH is 1. The first kappa shape index (κ1) is 9.56. The minimum Gasteiger partial charge on any atom is -0.387 e. The number of aryl methyl sites for hydroxylation is 1. The molecule has 0 bridgehead atoms. The van der Waals surface area contributed by atoms with Gasteiger partial charge in [-0.3, -0.25) is 0 Å². The summed E-state index contributed by atoms with van der Waals surface area (Å²) >= 11 is 5.64. The Bertz CT molecular complexity index is 449. The Balaban J connectivity index is 2.66. The molecule has 14 heavy (non-hydrogen) atoms. The molecule has 0 saturated heterocycles. The van der Waals surface area contributed by atoms with E-state index in [0.29, 0.717) is 0 Å². The fourth-order valence-electron chi connectivity index (χ4n) is 1.72. The van der Waals surface area contributed by atoms with Gasteiger partial charge >= 0.3 is 0 Å². The lowest BCUT2D eigenvalue weighted by molar-refractivity contribution is 0.204. The van der Waals surface area contributed by atoms with Crippen LogP contribution < -0.4 is 0 Å². The maximum Gasteiger partial charge on any atom is 0.0945 e. The van der Waals surface area contributed by atoms with E-state index in [9.17, 15) is 5.11 Å². The van der Waals surface area contributed by atoms with Crippen LogP contribution in [-0.2, 0) is 7.05 Å². The van der Waals surface area contributed by atoms with E-state index in [1.54, 1.807) is 0 Å². The van der Waals surface area contributed by atoms with Crippen LogP contribution in [0.25, 0.3) is 10.9 Å². The zero-order valence-corrected chi connectivity index (χ0v) is 8.70. The fourth-order valence-corrected chi connectivity index (χ4v) is 1.89. The molecule has 0 aliphatic rings. The number of hydrogen-bond acceptors (Lipinski definition) is 1. The van der Waals surface area contributed by atoms with Crippen molar-refractivity contribution in [2.24, 2.45) is 7.05 Å². The number of aliphatic hydroxyl groups is 1. The number of para-hydroxylation sites is 1. The molecule has 2 nitrogen and oxygen atoms in total. The van der Waals surface area contributed by atoms with E-state index in [1.807, 2.05) is 42.1 Å². The standard InChI is InChI=1S/C11H12ClNO/c1-13-7-9(11(14)6-12)8-4-2-3-5-10(8)13/h2-5,7,11,14H,6H2,1H3. The molecule has 0 aliphatic carbocycles. The molecule has 3 heteroatoms. The van der Waals surface area contributed by atoms with Gasteiger partial charge < -0.3 is 9.67 Å². The van der Waals surface area contributed by atoms with Gasteiger partial charge in [0.1, 0.15) is 0 Å². The van der Waals surface area contributed by atoms with Crippen molar-refractivity contribution in [3.8, 4) is 0 Å². The van der Waals surface area contributed by atoms with E-state index in [4.69, 9.17) is 11.6 Å². The summed E-state index contributed by atoms with van der Waals surface area (Å²) in [5, 5.41) is 10.8. The van der Waals surface area contributed by atoms with Gasteiger partial charge in [-0.25, -0.2) is 0 Å². The summed E-state index contributed by atoms with van der Waals surface area (Å²) in [5.41, 5.74) is 2.02. The average molecular weight is 210 g/mol. The summed E-state index contributed by atoms with van der Waals surface area (Å²) in [6, 6.07) is 7.98. The Morgan fingerprint density at radius 3 is 2.86 bits per heavy atom. The molecular formula is C11H12ClNO. The molecule has 0 spiro atoms. The molecule has 2 aromatic rings. The molecule has 1 aromatic heterocycles. The smallest absolute Gasteiger partial charge is 0.0945 e. The lowest BCUT2D eigenvalue weighted by Crippen LogP contribution is -1.96. The summed E-state index contributed by atoms with van der Waals surface area (Å²) in [7, 11) is 1.97. The molecule has 1 atom stereocenters. The Kier molecular flexibility index (Phi) is 2.48. The predicted molar refractivity (Wildman–Crippen MR) is 58.6 cm³/mol. The Morgan fingerprint density at radius 2 is 2.14 bits per heavy atom. The number of rotatable bonds is 2. The Hall–Kier alpha value is -0.990. The molecule has 0 aliphatic heterocycles. The number of nitrogens with zero attached hydrogens (tertiary/aromatic N) is 1.